The lowest BCUT2D eigenvalue weighted by atomic mass is 9.99. The molecule has 2 heterocycles. The smallest absolute Gasteiger partial charge is 0.130 e. The summed E-state index contributed by atoms with van der Waals surface area (Å²) in [6.07, 6.45) is 4.16. The number of nitrogens with zero attached hydrogens (tertiary/aromatic N) is 2. The molecule has 0 unspecified atom stereocenters. The van der Waals surface area contributed by atoms with Crippen molar-refractivity contribution in [1.29, 1.82) is 0 Å². The number of benzene rings is 1. The molecule has 0 atom stereocenters. The number of anilines is 2. The molecule has 3 rings (SSSR count). The third-order valence-electron chi connectivity index (χ3n) is 2.98. The molecule has 0 bridgehead atoms. The summed E-state index contributed by atoms with van der Waals surface area (Å²) in [5.41, 5.74) is 4.05. The number of fused-ring (bicyclic) bond motifs is 1. The first-order valence-corrected chi connectivity index (χ1v) is 6.57. The number of aryl methyl sites for hydroxylation is 1. The van der Waals surface area contributed by atoms with Crippen molar-refractivity contribution in [3.63, 3.8) is 0 Å². The van der Waals surface area contributed by atoms with Crippen LogP contribution in [-0.4, -0.2) is 16.1 Å². The number of nitrogens with one attached hydrogen (secondary N) is 2. The van der Waals surface area contributed by atoms with Crippen molar-refractivity contribution in [2.24, 2.45) is 0 Å². The second-order valence-electron chi connectivity index (χ2n) is 4.12. The van der Waals surface area contributed by atoms with Crippen molar-refractivity contribution in [1.82, 2.24) is 9.59 Å². The highest BCUT2D eigenvalue weighted by Crippen LogP contribution is 2.26. The summed E-state index contributed by atoms with van der Waals surface area (Å²) in [5.74, 6) is 0. The maximum absolute atomic E-state index is 3.84. The Kier molecular flexibility index (Phi) is 2.92. The normalized spacial score (nSPS) is 13.9. The number of para-hydroxylation sites is 1. The molecule has 1 aromatic heterocycles. The van der Waals surface area contributed by atoms with E-state index in [9.17, 15) is 0 Å². The Hall–Kier alpha value is -1.62. The lowest BCUT2D eigenvalue weighted by Gasteiger charge is -2.21. The van der Waals surface area contributed by atoms with Gasteiger partial charge < -0.3 is 10.6 Å². The molecule has 5 heteroatoms. The summed E-state index contributed by atoms with van der Waals surface area (Å²) in [7, 11) is 0. The van der Waals surface area contributed by atoms with Crippen molar-refractivity contribution < 1.29 is 0 Å². The molecule has 1 aromatic carbocycles. The van der Waals surface area contributed by atoms with Crippen molar-refractivity contribution in [2.45, 2.75) is 19.4 Å². The highest BCUT2D eigenvalue weighted by molar-refractivity contribution is 7.09. The van der Waals surface area contributed by atoms with Crippen molar-refractivity contribution in [3.8, 4) is 0 Å². The second kappa shape index (κ2) is 4.71. The topological polar surface area (TPSA) is 49.8 Å². The van der Waals surface area contributed by atoms with Gasteiger partial charge in [0.2, 0.25) is 0 Å². The van der Waals surface area contributed by atoms with Crippen LogP contribution in [0.1, 0.15) is 17.5 Å². The zero-order valence-electron chi connectivity index (χ0n) is 9.44. The third-order valence-corrected chi connectivity index (χ3v) is 3.60. The standard InChI is InChI=1S/C12H14N4S/c1-3-9-5-2-6-13-12(9)10(4-1)7-14-11-8-15-16-17-11/h1,3-4,8,13-14H,2,5-7H2. The fourth-order valence-corrected chi connectivity index (χ4v) is 2.57. The summed E-state index contributed by atoms with van der Waals surface area (Å²) in [6.45, 7) is 1.90. The van der Waals surface area contributed by atoms with Crippen LogP contribution in [0.15, 0.2) is 24.4 Å². The molecule has 2 aromatic rings. The molecule has 0 saturated carbocycles. The first-order chi connectivity index (χ1) is 8.43. The van der Waals surface area contributed by atoms with E-state index in [2.05, 4.69) is 38.4 Å². The fourth-order valence-electron chi connectivity index (χ4n) is 2.16. The van der Waals surface area contributed by atoms with E-state index in [4.69, 9.17) is 0 Å². The van der Waals surface area contributed by atoms with E-state index in [0.717, 1.165) is 18.1 Å². The molecule has 0 spiro atoms. The highest BCUT2D eigenvalue weighted by Gasteiger charge is 2.11. The van der Waals surface area contributed by atoms with E-state index in [-0.39, 0.29) is 0 Å². The average Bonchev–Trinajstić information content (AvgIpc) is 2.89. The minimum absolute atomic E-state index is 0.819. The van der Waals surface area contributed by atoms with Gasteiger partial charge in [-0.05, 0) is 24.0 Å². The fraction of sp³-hybridized carbons (Fsp3) is 0.333. The van der Waals surface area contributed by atoms with E-state index >= 15 is 0 Å². The van der Waals surface area contributed by atoms with Gasteiger partial charge in [0.1, 0.15) is 5.00 Å². The van der Waals surface area contributed by atoms with Crippen LogP contribution in [0.25, 0.3) is 0 Å². The zero-order valence-corrected chi connectivity index (χ0v) is 10.3. The predicted molar refractivity (Wildman–Crippen MR) is 70.5 cm³/mol. The van der Waals surface area contributed by atoms with Gasteiger partial charge in [0, 0.05) is 30.3 Å². The minimum Gasteiger partial charge on any atom is -0.385 e. The van der Waals surface area contributed by atoms with E-state index < -0.39 is 0 Å². The van der Waals surface area contributed by atoms with Gasteiger partial charge in [-0.15, -0.1) is 5.10 Å². The molecule has 0 aliphatic carbocycles. The van der Waals surface area contributed by atoms with Crippen LogP contribution in [0.3, 0.4) is 0 Å². The van der Waals surface area contributed by atoms with Gasteiger partial charge in [-0.25, -0.2) is 0 Å². The van der Waals surface area contributed by atoms with E-state index in [0.29, 0.717) is 0 Å². The van der Waals surface area contributed by atoms with Crippen LogP contribution in [0.5, 0.6) is 0 Å². The quantitative estimate of drug-likeness (QED) is 0.873. The molecule has 1 aliphatic heterocycles. The summed E-state index contributed by atoms with van der Waals surface area (Å²) in [4.78, 5) is 0. The Morgan fingerprint density at radius 1 is 1.41 bits per heavy atom. The zero-order chi connectivity index (χ0) is 11.5. The van der Waals surface area contributed by atoms with E-state index in [1.807, 2.05) is 0 Å². The Morgan fingerprint density at radius 3 is 3.29 bits per heavy atom. The molecule has 0 radical (unpaired) electrons. The van der Waals surface area contributed by atoms with Crippen LogP contribution in [0, 0.1) is 0 Å². The Bertz CT molecular complexity index is 495. The van der Waals surface area contributed by atoms with Crippen LogP contribution in [0.2, 0.25) is 0 Å². The molecule has 17 heavy (non-hydrogen) atoms. The van der Waals surface area contributed by atoms with Crippen LogP contribution >= 0.6 is 11.5 Å². The van der Waals surface area contributed by atoms with Gasteiger partial charge in [0.25, 0.3) is 0 Å². The van der Waals surface area contributed by atoms with Crippen molar-refractivity contribution in [2.75, 3.05) is 17.2 Å². The SMILES string of the molecule is c1cc2c(c(CNc3cnns3)c1)NCCC2. The maximum atomic E-state index is 3.84. The van der Waals surface area contributed by atoms with E-state index in [1.165, 1.54) is 41.2 Å². The number of rotatable bonds is 3. The van der Waals surface area contributed by atoms with Gasteiger partial charge in [-0.3, -0.25) is 0 Å². The molecule has 4 nitrogen and oxygen atoms in total. The van der Waals surface area contributed by atoms with Crippen molar-refractivity contribution >= 4 is 22.2 Å². The number of hydrogen-bond acceptors (Lipinski definition) is 5. The average molecular weight is 246 g/mol. The molecular weight excluding hydrogens is 232 g/mol. The van der Waals surface area contributed by atoms with Crippen LogP contribution in [-0.2, 0) is 13.0 Å². The molecule has 0 saturated heterocycles. The first kappa shape index (κ1) is 10.5. The maximum Gasteiger partial charge on any atom is 0.130 e. The highest BCUT2D eigenvalue weighted by atomic mass is 32.1. The van der Waals surface area contributed by atoms with Crippen molar-refractivity contribution in [3.05, 3.63) is 35.5 Å². The molecule has 2 N–H and O–H groups in total. The van der Waals surface area contributed by atoms with E-state index in [1.54, 1.807) is 6.20 Å². The summed E-state index contributed by atoms with van der Waals surface area (Å²) < 4.78 is 3.84. The Morgan fingerprint density at radius 2 is 2.41 bits per heavy atom. The molecule has 1 aliphatic rings. The number of aromatic nitrogens is 2. The number of hydrogen-bond donors (Lipinski definition) is 2. The van der Waals surface area contributed by atoms with Gasteiger partial charge in [-0.1, -0.05) is 22.7 Å². The van der Waals surface area contributed by atoms with Gasteiger partial charge >= 0.3 is 0 Å². The Labute approximate surface area is 104 Å². The summed E-state index contributed by atoms with van der Waals surface area (Å²) >= 11 is 1.39. The summed E-state index contributed by atoms with van der Waals surface area (Å²) in [5, 5.41) is 11.7. The van der Waals surface area contributed by atoms with Crippen LogP contribution in [0.4, 0.5) is 10.7 Å². The monoisotopic (exact) mass is 246 g/mol. The Balaban J connectivity index is 1.78. The summed E-state index contributed by atoms with van der Waals surface area (Å²) in [6, 6.07) is 6.51. The predicted octanol–water partition coefficient (Wildman–Crippen LogP) is 2.51. The lowest BCUT2D eigenvalue weighted by Crippen LogP contribution is -2.14. The largest absolute Gasteiger partial charge is 0.385 e. The van der Waals surface area contributed by atoms with Gasteiger partial charge in [0.05, 0.1) is 6.20 Å². The first-order valence-electron chi connectivity index (χ1n) is 5.79. The molecule has 0 amide bonds. The third kappa shape index (κ3) is 2.24. The lowest BCUT2D eigenvalue weighted by molar-refractivity contribution is 0.825. The molecule has 88 valence electrons. The van der Waals surface area contributed by atoms with Crippen LogP contribution < -0.4 is 10.6 Å². The molecule has 0 fully saturated rings. The molecular formula is C12H14N4S. The van der Waals surface area contributed by atoms with Gasteiger partial charge in [-0.2, -0.15) is 0 Å². The second-order valence-corrected chi connectivity index (χ2v) is 4.90. The minimum atomic E-state index is 0.819. The van der Waals surface area contributed by atoms with Gasteiger partial charge in [0.15, 0.2) is 0 Å².